The molecular formula is C6H15NO6S2. The summed E-state index contributed by atoms with van der Waals surface area (Å²) in [4.78, 5) is 6.34. The van der Waals surface area contributed by atoms with Crippen molar-refractivity contribution in [1.82, 2.24) is 4.89 Å². The number of nitrogens with one attached hydrogen (secondary N) is 1. The fourth-order valence-corrected chi connectivity index (χ4v) is 2.99. The van der Waals surface area contributed by atoms with E-state index in [4.69, 9.17) is 0 Å². The molecule has 0 aromatic carbocycles. The first-order valence-corrected chi connectivity index (χ1v) is 7.76. The molecule has 0 aromatic rings. The third-order valence-corrected chi connectivity index (χ3v) is 3.62. The van der Waals surface area contributed by atoms with Crippen molar-refractivity contribution >= 4 is 19.9 Å². The van der Waals surface area contributed by atoms with Gasteiger partial charge in [-0.2, -0.15) is 0 Å². The Morgan fingerprint density at radius 2 is 1.67 bits per heavy atom. The lowest BCUT2D eigenvalue weighted by atomic mass is 10.8. The quantitative estimate of drug-likeness (QED) is 0.423. The molecule has 0 radical (unpaired) electrons. The summed E-state index contributed by atoms with van der Waals surface area (Å²) in [6.45, 7) is 0.309. The van der Waals surface area contributed by atoms with Crippen LogP contribution >= 0.6 is 0 Å². The highest BCUT2D eigenvalue weighted by Crippen LogP contribution is 1.89. The largest absolute Gasteiger partial charge is 0.382 e. The van der Waals surface area contributed by atoms with E-state index in [1.165, 1.54) is 7.11 Å². The van der Waals surface area contributed by atoms with Gasteiger partial charge in [-0.3, -0.25) is 4.84 Å². The first kappa shape index (κ1) is 14.8. The Kier molecular flexibility index (Phi) is 6.29. The van der Waals surface area contributed by atoms with Crippen LogP contribution in [0.3, 0.4) is 0 Å². The van der Waals surface area contributed by atoms with Gasteiger partial charge in [-0.1, -0.05) is 4.89 Å². The third kappa shape index (κ3) is 10.1. The minimum absolute atomic E-state index is 0.0641. The van der Waals surface area contributed by atoms with Crippen LogP contribution in [0.2, 0.25) is 0 Å². The molecule has 0 aliphatic rings. The lowest BCUT2D eigenvalue weighted by Crippen LogP contribution is -2.30. The summed E-state index contributed by atoms with van der Waals surface area (Å²) < 4.78 is 48.2. The normalized spacial score (nSPS) is 12.9. The molecule has 0 saturated heterocycles. The second kappa shape index (κ2) is 6.38. The van der Waals surface area contributed by atoms with Crippen LogP contribution in [0.1, 0.15) is 0 Å². The van der Waals surface area contributed by atoms with Crippen LogP contribution in [0.5, 0.6) is 0 Å². The molecule has 0 aliphatic carbocycles. The topological polar surface area (TPSA) is 98.8 Å². The zero-order chi connectivity index (χ0) is 11.9. The van der Waals surface area contributed by atoms with Crippen molar-refractivity contribution in [3.05, 3.63) is 0 Å². The van der Waals surface area contributed by atoms with E-state index in [9.17, 15) is 16.8 Å². The smallest absolute Gasteiger partial charge is 0.234 e. The minimum Gasteiger partial charge on any atom is -0.382 e. The summed E-state index contributed by atoms with van der Waals surface area (Å²) in [7, 11) is -5.55. The summed E-state index contributed by atoms with van der Waals surface area (Å²) in [5, 5.41) is 0. The van der Waals surface area contributed by atoms with Crippen LogP contribution < -0.4 is 4.89 Å². The van der Waals surface area contributed by atoms with Gasteiger partial charge in [0.15, 0.2) is 0 Å². The molecule has 0 fully saturated rings. The van der Waals surface area contributed by atoms with Crippen molar-refractivity contribution in [2.75, 3.05) is 38.1 Å². The SMILES string of the molecule is COCCONS(=O)(=O)CCS(C)(=O)=O. The van der Waals surface area contributed by atoms with Crippen LogP contribution in [0.25, 0.3) is 0 Å². The van der Waals surface area contributed by atoms with Crippen molar-refractivity contribution in [2.45, 2.75) is 0 Å². The Hall–Kier alpha value is -0.220. The van der Waals surface area contributed by atoms with Crippen molar-refractivity contribution < 1.29 is 26.4 Å². The minimum atomic E-state index is -3.70. The molecular weight excluding hydrogens is 246 g/mol. The number of ether oxygens (including phenoxy) is 1. The highest BCUT2D eigenvalue weighted by Gasteiger charge is 2.14. The molecule has 0 atom stereocenters. The zero-order valence-electron chi connectivity index (χ0n) is 8.59. The van der Waals surface area contributed by atoms with Gasteiger partial charge in [0.1, 0.15) is 9.84 Å². The fraction of sp³-hybridized carbons (Fsp3) is 1.00. The molecule has 0 aliphatic heterocycles. The Labute approximate surface area is 89.7 Å². The monoisotopic (exact) mass is 261 g/mol. The molecule has 7 nitrogen and oxygen atoms in total. The van der Waals surface area contributed by atoms with E-state index in [0.717, 1.165) is 6.26 Å². The number of methoxy groups -OCH3 is 1. The molecule has 0 heterocycles. The highest BCUT2D eigenvalue weighted by atomic mass is 32.2. The van der Waals surface area contributed by atoms with Crippen molar-refractivity contribution in [3.8, 4) is 0 Å². The molecule has 0 unspecified atom stereocenters. The molecule has 0 rings (SSSR count). The molecule has 0 amide bonds. The molecule has 1 N–H and O–H groups in total. The number of hydrogen-bond donors (Lipinski definition) is 1. The molecule has 0 bridgehead atoms. The first-order valence-electron chi connectivity index (χ1n) is 4.05. The van der Waals surface area contributed by atoms with Gasteiger partial charge in [-0.05, 0) is 0 Å². The van der Waals surface area contributed by atoms with Crippen LogP contribution in [0, 0.1) is 0 Å². The standard InChI is InChI=1S/C6H15NO6S2/c1-12-3-4-13-7-15(10,11)6-5-14(2,8)9/h7H,3-6H2,1-2H3. The third-order valence-electron chi connectivity index (χ3n) is 1.30. The van der Waals surface area contributed by atoms with Crippen molar-refractivity contribution in [1.29, 1.82) is 0 Å². The van der Waals surface area contributed by atoms with E-state index in [0.29, 0.717) is 0 Å². The fourth-order valence-electron chi connectivity index (χ4n) is 0.559. The van der Waals surface area contributed by atoms with E-state index in [1.54, 1.807) is 4.89 Å². The van der Waals surface area contributed by atoms with Gasteiger partial charge < -0.3 is 4.74 Å². The van der Waals surface area contributed by atoms with Gasteiger partial charge >= 0.3 is 0 Å². The van der Waals surface area contributed by atoms with Crippen LogP contribution in [-0.4, -0.2) is 54.9 Å². The van der Waals surface area contributed by atoms with E-state index >= 15 is 0 Å². The summed E-state index contributed by atoms with van der Waals surface area (Å²) in [5.74, 6) is -0.950. The second-order valence-corrected chi connectivity index (χ2v) is 6.94. The molecule has 92 valence electrons. The first-order chi connectivity index (χ1) is 6.77. The number of hydrogen-bond acceptors (Lipinski definition) is 6. The Balaban J connectivity index is 3.88. The maximum absolute atomic E-state index is 11.1. The molecule has 9 heteroatoms. The number of sulfone groups is 1. The average Bonchev–Trinajstić information content (AvgIpc) is 2.09. The maximum Gasteiger partial charge on any atom is 0.234 e. The Morgan fingerprint density at radius 3 is 2.13 bits per heavy atom. The summed E-state index contributed by atoms with van der Waals surface area (Å²) in [6.07, 6.45) is 0.967. The molecule has 0 aromatic heterocycles. The molecule has 0 saturated carbocycles. The van der Waals surface area contributed by atoms with E-state index in [1.807, 2.05) is 0 Å². The Bertz CT molecular complexity index is 359. The highest BCUT2D eigenvalue weighted by molar-refractivity contribution is 7.93. The van der Waals surface area contributed by atoms with Crippen LogP contribution in [0.4, 0.5) is 0 Å². The van der Waals surface area contributed by atoms with E-state index < -0.39 is 31.4 Å². The molecule has 15 heavy (non-hydrogen) atoms. The average molecular weight is 261 g/mol. The second-order valence-electron chi connectivity index (χ2n) is 2.87. The van der Waals surface area contributed by atoms with Crippen LogP contribution in [-0.2, 0) is 29.4 Å². The lowest BCUT2D eigenvalue weighted by molar-refractivity contribution is 0.0439. The predicted octanol–water partition coefficient (Wildman–Crippen LogP) is -1.47. The lowest BCUT2D eigenvalue weighted by Gasteiger charge is -2.05. The summed E-state index contributed by atoms with van der Waals surface area (Å²) in [6, 6.07) is 0. The van der Waals surface area contributed by atoms with Crippen molar-refractivity contribution in [2.24, 2.45) is 0 Å². The van der Waals surface area contributed by atoms with E-state index in [2.05, 4.69) is 9.57 Å². The number of sulfonamides is 1. The van der Waals surface area contributed by atoms with Gasteiger partial charge in [0.05, 0.1) is 24.7 Å². The summed E-state index contributed by atoms with van der Waals surface area (Å²) >= 11 is 0. The van der Waals surface area contributed by atoms with E-state index in [-0.39, 0.29) is 13.2 Å². The Morgan fingerprint density at radius 1 is 1.07 bits per heavy atom. The summed E-state index contributed by atoms with van der Waals surface area (Å²) in [5.41, 5.74) is 0. The van der Waals surface area contributed by atoms with Gasteiger partial charge in [0, 0.05) is 13.4 Å². The number of rotatable bonds is 8. The zero-order valence-corrected chi connectivity index (χ0v) is 10.2. The van der Waals surface area contributed by atoms with Gasteiger partial charge in [0.25, 0.3) is 0 Å². The van der Waals surface area contributed by atoms with Crippen molar-refractivity contribution in [3.63, 3.8) is 0 Å². The molecule has 0 spiro atoms. The predicted molar refractivity (Wildman–Crippen MR) is 54.5 cm³/mol. The van der Waals surface area contributed by atoms with Gasteiger partial charge in [0.2, 0.25) is 10.0 Å². The van der Waals surface area contributed by atoms with Gasteiger partial charge in [-0.15, -0.1) is 0 Å². The maximum atomic E-state index is 11.1. The van der Waals surface area contributed by atoms with Gasteiger partial charge in [-0.25, -0.2) is 16.8 Å². The van der Waals surface area contributed by atoms with Crippen LogP contribution in [0.15, 0.2) is 0 Å².